The summed E-state index contributed by atoms with van der Waals surface area (Å²) in [5.74, 6) is 0.259. The largest absolute Gasteiger partial charge is 0.343 e. The number of rotatable bonds is 6. The minimum atomic E-state index is -0.0752. The normalized spacial score (nSPS) is 13.8. The highest BCUT2D eigenvalue weighted by Crippen LogP contribution is 2.29. The van der Waals surface area contributed by atoms with Crippen molar-refractivity contribution in [3.05, 3.63) is 78.4 Å². The number of para-hydroxylation sites is 1. The number of nitrogens with zero attached hydrogens (tertiary/aromatic N) is 4. The number of hydrogen-bond acceptors (Lipinski definition) is 7. The Kier molecular flexibility index (Phi) is 6.73. The zero-order valence-electron chi connectivity index (χ0n) is 18.4. The highest BCUT2D eigenvalue weighted by molar-refractivity contribution is 8.01. The van der Waals surface area contributed by atoms with Crippen LogP contribution in [0.15, 0.2) is 77.1 Å². The molecule has 1 aromatic heterocycles. The maximum atomic E-state index is 13.0. The lowest BCUT2D eigenvalue weighted by Gasteiger charge is -2.34. The molecule has 9 heteroatoms. The first kappa shape index (κ1) is 22.4. The number of aromatic nitrogens is 2. The molecule has 34 heavy (non-hydrogen) atoms. The lowest BCUT2D eigenvalue weighted by molar-refractivity contribution is -0.113. The lowest BCUT2D eigenvalue weighted by Crippen LogP contribution is -2.48. The van der Waals surface area contributed by atoms with Crippen molar-refractivity contribution in [1.82, 2.24) is 15.1 Å². The molecule has 172 valence electrons. The number of benzene rings is 3. The van der Waals surface area contributed by atoms with Gasteiger partial charge in [-0.3, -0.25) is 9.59 Å². The van der Waals surface area contributed by atoms with E-state index in [0.717, 1.165) is 31.5 Å². The number of carbonyl (C=O) groups is 2. The van der Waals surface area contributed by atoms with E-state index in [2.05, 4.69) is 20.4 Å². The van der Waals surface area contributed by atoms with Gasteiger partial charge in [-0.05, 0) is 35.0 Å². The van der Waals surface area contributed by atoms with Gasteiger partial charge in [-0.25, -0.2) is 0 Å². The molecule has 0 unspecified atom stereocenters. The van der Waals surface area contributed by atoms with Crippen molar-refractivity contribution in [1.29, 1.82) is 0 Å². The molecule has 0 aliphatic carbocycles. The fourth-order valence-corrected chi connectivity index (χ4v) is 5.53. The van der Waals surface area contributed by atoms with E-state index in [0.29, 0.717) is 26.2 Å². The van der Waals surface area contributed by atoms with Crippen LogP contribution in [0.5, 0.6) is 0 Å². The van der Waals surface area contributed by atoms with Crippen molar-refractivity contribution in [2.24, 2.45) is 0 Å². The zero-order chi connectivity index (χ0) is 23.3. The minimum Gasteiger partial charge on any atom is -0.343 e. The summed E-state index contributed by atoms with van der Waals surface area (Å²) in [6.07, 6.45) is 0. The van der Waals surface area contributed by atoms with Crippen LogP contribution in [-0.4, -0.2) is 58.8 Å². The van der Waals surface area contributed by atoms with Crippen molar-refractivity contribution in [2.45, 2.75) is 4.34 Å². The second-order valence-electron chi connectivity index (χ2n) is 7.89. The molecular formula is C25H23N5O2S2. The van der Waals surface area contributed by atoms with Crippen molar-refractivity contribution < 1.29 is 9.59 Å². The van der Waals surface area contributed by atoms with Crippen LogP contribution in [0.4, 0.5) is 10.8 Å². The van der Waals surface area contributed by atoms with Crippen LogP contribution < -0.4 is 10.2 Å². The van der Waals surface area contributed by atoms with Crippen molar-refractivity contribution in [2.75, 3.05) is 42.1 Å². The molecule has 4 aromatic rings. The smallest absolute Gasteiger partial charge is 0.253 e. The number of hydrogen-bond donors (Lipinski definition) is 1. The van der Waals surface area contributed by atoms with Crippen LogP contribution in [0.25, 0.3) is 10.8 Å². The van der Waals surface area contributed by atoms with Crippen LogP contribution in [-0.2, 0) is 4.79 Å². The second-order valence-corrected chi connectivity index (χ2v) is 10.1. The summed E-state index contributed by atoms with van der Waals surface area (Å²) >= 11 is 2.86. The predicted molar refractivity (Wildman–Crippen MR) is 138 cm³/mol. The van der Waals surface area contributed by atoms with Crippen LogP contribution in [0.3, 0.4) is 0 Å². The molecule has 1 aliphatic heterocycles. The van der Waals surface area contributed by atoms with Gasteiger partial charge in [0.05, 0.1) is 5.75 Å². The number of thioether (sulfide) groups is 1. The van der Waals surface area contributed by atoms with Crippen molar-refractivity contribution in [3.63, 3.8) is 0 Å². The molecule has 7 nitrogen and oxygen atoms in total. The van der Waals surface area contributed by atoms with E-state index in [1.54, 1.807) is 0 Å². The average Bonchev–Trinajstić information content (AvgIpc) is 3.37. The molecule has 1 fully saturated rings. The summed E-state index contributed by atoms with van der Waals surface area (Å²) < 4.78 is 0.757. The SMILES string of the molecule is O=C(CSc1nnc(N2CCN(C(=O)c3ccc4ccccc4c3)CC2)s1)Nc1ccccc1. The number of anilines is 2. The van der Waals surface area contributed by atoms with Gasteiger partial charge in [0.25, 0.3) is 5.91 Å². The maximum Gasteiger partial charge on any atom is 0.253 e. The van der Waals surface area contributed by atoms with E-state index in [9.17, 15) is 9.59 Å². The fraction of sp³-hybridized carbons (Fsp3) is 0.200. The molecule has 3 aromatic carbocycles. The van der Waals surface area contributed by atoms with Gasteiger partial charge in [0.2, 0.25) is 11.0 Å². The Labute approximate surface area is 205 Å². The van der Waals surface area contributed by atoms with Crippen LogP contribution >= 0.6 is 23.1 Å². The van der Waals surface area contributed by atoms with E-state index in [1.807, 2.05) is 77.7 Å². The van der Waals surface area contributed by atoms with Crippen LogP contribution in [0.2, 0.25) is 0 Å². The van der Waals surface area contributed by atoms with Crippen LogP contribution in [0.1, 0.15) is 10.4 Å². The number of piperazine rings is 1. The standard InChI is InChI=1S/C25H23N5O2S2/c31-22(26-21-8-2-1-3-9-21)17-33-25-28-27-24(34-25)30-14-12-29(13-15-30)23(32)20-11-10-18-6-4-5-7-19(18)16-20/h1-11,16H,12-15,17H2,(H,26,31). The lowest BCUT2D eigenvalue weighted by atomic mass is 10.1. The van der Waals surface area contributed by atoms with Gasteiger partial charge in [0.15, 0.2) is 4.34 Å². The molecular weight excluding hydrogens is 466 g/mol. The van der Waals surface area contributed by atoms with E-state index < -0.39 is 0 Å². The highest BCUT2D eigenvalue weighted by Gasteiger charge is 2.24. The summed E-state index contributed by atoms with van der Waals surface area (Å²) in [7, 11) is 0. The van der Waals surface area contributed by atoms with Crippen LogP contribution in [0, 0.1) is 0 Å². The fourth-order valence-electron chi connectivity index (χ4n) is 3.84. The summed E-state index contributed by atoms with van der Waals surface area (Å²) in [6, 6.07) is 23.3. The molecule has 0 atom stereocenters. The maximum absolute atomic E-state index is 13.0. The van der Waals surface area contributed by atoms with Gasteiger partial charge in [-0.2, -0.15) is 0 Å². The number of fused-ring (bicyclic) bond motifs is 1. The van der Waals surface area contributed by atoms with Crippen molar-refractivity contribution >= 4 is 56.5 Å². The van der Waals surface area contributed by atoms with Gasteiger partial charge < -0.3 is 15.1 Å². The Morgan fingerprint density at radius 1 is 0.882 bits per heavy atom. The monoisotopic (exact) mass is 489 g/mol. The molecule has 5 rings (SSSR count). The molecule has 1 N–H and O–H groups in total. The first-order valence-corrected chi connectivity index (χ1v) is 12.8. The molecule has 1 aliphatic rings. The van der Waals surface area contributed by atoms with E-state index in [4.69, 9.17) is 0 Å². The van der Waals surface area contributed by atoms with Gasteiger partial charge in [-0.1, -0.05) is 71.6 Å². The van der Waals surface area contributed by atoms with Crippen molar-refractivity contribution in [3.8, 4) is 0 Å². The Morgan fingerprint density at radius 2 is 1.62 bits per heavy atom. The molecule has 0 saturated carbocycles. The van der Waals surface area contributed by atoms with Gasteiger partial charge in [0.1, 0.15) is 0 Å². The Bertz CT molecular complexity index is 1300. The Hall–Kier alpha value is -3.43. The number of carbonyl (C=O) groups excluding carboxylic acids is 2. The van der Waals surface area contributed by atoms with E-state index in [-0.39, 0.29) is 17.6 Å². The quantitative estimate of drug-likeness (QED) is 0.405. The zero-order valence-corrected chi connectivity index (χ0v) is 20.0. The summed E-state index contributed by atoms with van der Waals surface area (Å²) in [6.45, 7) is 2.67. The third-order valence-electron chi connectivity index (χ3n) is 5.61. The predicted octanol–water partition coefficient (Wildman–Crippen LogP) is 4.38. The van der Waals surface area contributed by atoms with Gasteiger partial charge in [-0.15, -0.1) is 10.2 Å². The highest BCUT2D eigenvalue weighted by atomic mass is 32.2. The summed E-state index contributed by atoms with van der Waals surface area (Å²) in [5, 5.41) is 14.4. The minimum absolute atomic E-state index is 0.0586. The topological polar surface area (TPSA) is 78.4 Å². The third-order valence-corrected chi connectivity index (χ3v) is 7.73. The van der Waals surface area contributed by atoms with Gasteiger partial charge in [0, 0.05) is 37.4 Å². The summed E-state index contributed by atoms with van der Waals surface area (Å²) in [5.41, 5.74) is 1.50. The second kappa shape index (κ2) is 10.2. The summed E-state index contributed by atoms with van der Waals surface area (Å²) in [4.78, 5) is 29.2. The molecule has 0 bridgehead atoms. The molecule has 0 spiro atoms. The first-order valence-electron chi connectivity index (χ1n) is 11.0. The molecule has 2 heterocycles. The number of nitrogens with one attached hydrogen (secondary N) is 1. The molecule has 0 radical (unpaired) electrons. The first-order chi connectivity index (χ1) is 16.7. The third kappa shape index (κ3) is 5.21. The molecule has 2 amide bonds. The Morgan fingerprint density at radius 3 is 2.41 bits per heavy atom. The average molecular weight is 490 g/mol. The van der Waals surface area contributed by atoms with E-state index >= 15 is 0 Å². The molecule has 1 saturated heterocycles. The van der Waals surface area contributed by atoms with E-state index in [1.165, 1.54) is 23.1 Å². The Balaban J connectivity index is 1.13. The number of amides is 2. The van der Waals surface area contributed by atoms with Gasteiger partial charge >= 0.3 is 0 Å².